The fraction of sp³-hybridized carbons (Fsp3) is 0.250. The number of rotatable bonds is 3. The van der Waals surface area contributed by atoms with Gasteiger partial charge >= 0.3 is 0 Å². The number of nitrogens with zero attached hydrogens (tertiary/aromatic N) is 2. The summed E-state index contributed by atoms with van der Waals surface area (Å²) in [6.45, 7) is 3.52. The summed E-state index contributed by atoms with van der Waals surface area (Å²) >= 11 is 7.23. The Morgan fingerprint density at radius 3 is 2.71 bits per heavy atom. The van der Waals surface area contributed by atoms with Crippen LogP contribution in [0.1, 0.15) is 28.8 Å². The van der Waals surface area contributed by atoms with Crippen LogP contribution in [0.5, 0.6) is 0 Å². The van der Waals surface area contributed by atoms with Gasteiger partial charge in [-0.15, -0.1) is 11.3 Å². The molecule has 0 fully saturated rings. The number of hydrazine groups is 1. The van der Waals surface area contributed by atoms with Gasteiger partial charge in [0.15, 0.2) is 0 Å². The lowest BCUT2D eigenvalue weighted by Gasteiger charge is -2.10. The standard InChI is InChI=1S/C12H14N4O2S.C8H7Cl/c13-15-9(17)5-16-6-14-11-10(12(16)18)7-3-1-2-4-8(7)19-11;1-2-7-3-5-8(9)6-4-7/h6H,1-5,13H2,(H,15,17);2-6H,1H2. The Morgan fingerprint density at radius 1 is 1.32 bits per heavy atom. The molecule has 3 N–H and O–H groups in total. The number of aryl methyl sites for hydroxylation is 2. The van der Waals surface area contributed by atoms with Crippen LogP contribution in [-0.4, -0.2) is 15.5 Å². The normalized spacial score (nSPS) is 12.6. The molecule has 0 spiro atoms. The largest absolute Gasteiger partial charge is 0.293 e. The second-order valence-electron chi connectivity index (χ2n) is 6.39. The number of amides is 1. The van der Waals surface area contributed by atoms with Gasteiger partial charge in [-0.3, -0.25) is 19.6 Å². The maximum absolute atomic E-state index is 12.4. The van der Waals surface area contributed by atoms with E-state index in [9.17, 15) is 9.59 Å². The lowest BCUT2D eigenvalue weighted by molar-refractivity contribution is -0.121. The molecule has 2 heterocycles. The fourth-order valence-electron chi connectivity index (χ4n) is 3.09. The summed E-state index contributed by atoms with van der Waals surface area (Å²) in [5.41, 5.74) is 4.10. The van der Waals surface area contributed by atoms with Gasteiger partial charge in [0.2, 0.25) is 0 Å². The topological polar surface area (TPSA) is 90.0 Å². The number of halogens is 1. The van der Waals surface area contributed by atoms with Crippen LogP contribution < -0.4 is 16.8 Å². The summed E-state index contributed by atoms with van der Waals surface area (Å²) in [7, 11) is 0. The van der Waals surface area contributed by atoms with Gasteiger partial charge in [-0.1, -0.05) is 36.4 Å². The lowest BCUT2D eigenvalue weighted by atomic mass is 9.97. The highest BCUT2D eigenvalue weighted by molar-refractivity contribution is 7.18. The van der Waals surface area contributed by atoms with Crippen molar-refractivity contribution in [3.05, 3.63) is 68.6 Å². The Kier molecular flexibility index (Phi) is 6.61. The highest BCUT2D eigenvalue weighted by Gasteiger charge is 2.20. The molecule has 0 aliphatic heterocycles. The first-order valence-electron chi connectivity index (χ1n) is 8.90. The van der Waals surface area contributed by atoms with Crippen LogP contribution in [0, 0.1) is 0 Å². The second-order valence-corrected chi connectivity index (χ2v) is 7.91. The van der Waals surface area contributed by atoms with Crippen molar-refractivity contribution in [3.63, 3.8) is 0 Å². The molecule has 3 aromatic rings. The predicted octanol–water partition coefficient (Wildman–Crippen LogP) is 3.31. The van der Waals surface area contributed by atoms with Crippen molar-refractivity contribution in [2.75, 3.05) is 0 Å². The van der Waals surface area contributed by atoms with E-state index in [4.69, 9.17) is 17.4 Å². The minimum absolute atomic E-state index is 0.0944. The molecular formula is C20H21ClN4O2S. The highest BCUT2D eigenvalue weighted by atomic mass is 35.5. The van der Waals surface area contributed by atoms with E-state index < -0.39 is 5.91 Å². The van der Waals surface area contributed by atoms with Gasteiger partial charge in [0.05, 0.1) is 11.7 Å². The smallest absolute Gasteiger partial charge is 0.262 e. The van der Waals surface area contributed by atoms with Crippen LogP contribution >= 0.6 is 22.9 Å². The molecule has 8 heteroatoms. The zero-order valence-electron chi connectivity index (χ0n) is 15.3. The van der Waals surface area contributed by atoms with Crippen molar-refractivity contribution in [2.24, 2.45) is 5.84 Å². The van der Waals surface area contributed by atoms with Crippen molar-refractivity contribution in [2.45, 2.75) is 32.2 Å². The molecule has 1 amide bonds. The van der Waals surface area contributed by atoms with Crippen molar-refractivity contribution in [1.29, 1.82) is 0 Å². The fourth-order valence-corrected chi connectivity index (χ4v) is 4.44. The average molecular weight is 417 g/mol. The number of thiophene rings is 1. The number of carbonyl (C=O) groups is 1. The summed E-state index contributed by atoms with van der Waals surface area (Å²) in [5, 5.41) is 1.45. The molecule has 0 saturated heterocycles. The van der Waals surface area contributed by atoms with E-state index in [0.717, 1.165) is 40.2 Å². The van der Waals surface area contributed by atoms with Crippen LogP contribution in [0.25, 0.3) is 16.3 Å². The second kappa shape index (κ2) is 9.14. The highest BCUT2D eigenvalue weighted by Crippen LogP contribution is 2.33. The number of nitrogens with one attached hydrogen (secondary N) is 1. The summed E-state index contributed by atoms with van der Waals surface area (Å²) in [5.74, 6) is 4.63. The van der Waals surface area contributed by atoms with Gasteiger partial charge in [-0.05, 0) is 48.9 Å². The third-order valence-electron chi connectivity index (χ3n) is 4.52. The van der Waals surface area contributed by atoms with E-state index in [-0.39, 0.29) is 12.1 Å². The molecule has 0 saturated carbocycles. The first-order chi connectivity index (χ1) is 13.5. The quantitative estimate of drug-likeness (QED) is 0.389. The SMILES string of the molecule is C=Cc1ccc(Cl)cc1.NNC(=O)Cn1cnc2sc3c(c2c1=O)CCCC3. The number of nitrogens with two attached hydrogens (primary N) is 1. The molecule has 0 bridgehead atoms. The predicted molar refractivity (Wildman–Crippen MR) is 114 cm³/mol. The average Bonchev–Trinajstić information content (AvgIpc) is 3.10. The van der Waals surface area contributed by atoms with E-state index in [1.54, 1.807) is 17.4 Å². The minimum atomic E-state index is -0.410. The molecule has 0 radical (unpaired) electrons. The van der Waals surface area contributed by atoms with Gasteiger partial charge < -0.3 is 0 Å². The van der Waals surface area contributed by atoms with Crippen LogP contribution in [-0.2, 0) is 24.2 Å². The van der Waals surface area contributed by atoms with E-state index in [1.165, 1.54) is 22.2 Å². The number of carbonyl (C=O) groups excluding carboxylic acids is 1. The summed E-state index contributed by atoms with van der Waals surface area (Å²) in [4.78, 5) is 30.0. The molecule has 146 valence electrons. The molecule has 2 aromatic heterocycles. The Hall–Kier alpha value is -2.48. The number of fused-ring (bicyclic) bond motifs is 3. The lowest BCUT2D eigenvalue weighted by Crippen LogP contribution is -2.36. The van der Waals surface area contributed by atoms with E-state index in [2.05, 4.69) is 11.6 Å². The monoisotopic (exact) mass is 416 g/mol. The Balaban J connectivity index is 0.000000211. The molecule has 1 aromatic carbocycles. The zero-order chi connectivity index (χ0) is 20.1. The van der Waals surface area contributed by atoms with Crippen LogP contribution in [0.15, 0.2) is 42.0 Å². The van der Waals surface area contributed by atoms with Crippen molar-refractivity contribution < 1.29 is 4.79 Å². The Labute approximate surface area is 171 Å². The number of aromatic nitrogens is 2. The number of hydrogen-bond acceptors (Lipinski definition) is 5. The third kappa shape index (κ3) is 4.49. The van der Waals surface area contributed by atoms with E-state index in [0.29, 0.717) is 5.39 Å². The van der Waals surface area contributed by atoms with Gasteiger partial charge in [0, 0.05) is 9.90 Å². The maximum Gasteiger partial charge on any atom is 0.262 e. The van der Waals surface area contributed by atoms with E-state index in [1.807, 2.05) is 29.7 Å². The minimum Gasteiger partial charge on any atom is -0.293 e. The molecule has 0 atom stereocenters. The van der Waals surface area contributed by atoms with Crippen molar-refractivity contribution >= 4 is 45.1 Å². The van der Waals surface area contributed by atoms with Gasteiger partial charge in [0.25, 0.3) is 11.5 Å². The summed E-state index contributed by atoms with van der Waals surface area (Å²) in [6, 6.07) is 7.54. The molecule has 4 rings (SSSR count). The third-order valence-corrected chi connectivity index (χ3v) is 5.97. The Morgan fingerprint density at radius 2 is 2.04 bits per heavy atom. The first-order valence-corrected chi connectivity index (χ1v) is 10.1. The maximum atomic E-state index is 12.4. The first kappa shape index (κ1) is 20.3. The van der Waals surface area contributed by atoms with E-state index >= 15 is 0 Å². The molecule has 1 aliphatic carbocycles. The summed E-state index contributed by atoms with van der Waals surface area (Å²) in [6.07, 6.45) is 7.44. The van der Waals surface area contributed by atoms with Gasteiger partial charge in [-0.25, -0.2) is 10.8 Å². The van der Waals surface area contributed by atoms with Crippen LogP contribution in [0.4, 0.5) is 0 Å². The molecule has 6 nitrogen and oxygen atoms in total. The van der Waals surface area contributed by atoms with Crippen LogP contribution in [0.3, 0.4) is 0 Å². The zero-order valence-corrected chi connectivity index (χ0v) is 16.9. The number of benzene rings is 1. The van der Waals surface area contributed by atoms with Crippen molar-refractivity contribution in [3.8, 4) is 0 Å². The van der Waals surface area contributed by atoms with Crippen LogP contribution in [0.2, 0.25) is 5.02 Å². The molecule has 1 aliphatic rings. The Bertz CT molecular complexity index is 1060. The number of hydrogen-bond donors (Lipinski definition) is 2. The van der Waals surface area contributed by atoms with Gasteiger partial charge in [0.1, 0.15) is 11.4 Å². The molecular weight excluding hydrogens is 396 g/mol. The summed E-state index contributed by atoms with van der Waals surface area (Å²) < 4.78 is 1.31. The molecule has 28 heavy (non-hydrogen) atoms. The molecule has 0 unspecified atom stereocenters. The van der Waals surface area contributed by atoms with Gasteiger partial charge in [-0.2, -0.15) is 0 Å². The van der Waals surface area contributed by atoms with Crippen molar-refractivity contribution in [1.82, 2.24) is 15.0 Å².